The van der Waals surface area contributed by atoms with Gasteiger partial charge in [-0.3, -0.25) is 0 Å². The molecule has 0 bridgehead atoms. The molecule has 5 nitrogen and oxygen atoms in total. The normalized spacial score (nSPS) is 21.4. The summed E-state index contributed by atoms with van der Waals surface area (Å²) in [6.45, 7) is 2.68. The fraction of sp³-hybridized carbons (Fsp3) is 0.571. The fourth-order valence-corrected chi connectivity index (χ4v) is 4.02. The minimum Gasteiger partial charge on any atom is -0.493 e. The lowest BCUT2D eigenvalue weighted by atomic mass is 10.1. The number of hydrogen-bond donors (Lipinski definition) is 2. The van der Waals surface area contributed by atoms with Crippen molar-refractivity contribution in [3.63, 3.8) is 0 Å². The molecule has 0 saturated carbocycles. The lowest BCUT2D eigenvalue weighted by Gasteiger charge is -2.24. The van der Waals surface area contributed by atoms with Crippen molar-refractivity contribution in [2.75, 3.05) is 29.2 Å². The smallest absolute Gasteiger partial charge is 0.152 e. The average Bonchev–Trinajstić information content (AvgIpc) is 2.34. The summed E-state index contributed by atoms with van der Waals surface area (Å²) in [4.78, 5) is 0. The third kappa shape index (κ3) is 4.30. The summed E-state index contributed by atoms with van der Waals surface area (Å²) in [6, 6.07) is 5.40. The van der Waals surface area contributed by atoms with Gasteiger partial charge in [-0.05, 0) is 25.3 Å². The van der Waals surface area contributed by atoms with Gasteiger partial charge in [0.1, 0.15) is 5.75 Å². The van der Waals surface area contributed by atoms with Crippen LogP contribution in [-0.4, -0.2) is 32.6 Å². The van der Waals surface area contributed by atoms with Crippen molar-refractivity contribution in [1.82, 2.24) is 0 Å². The molecule has 1 aromatic carbocycles. The van der Waals surface area contributed by atoms with Crippen molar-refractivity contribution in [2.24, 2.45) is 0 Å². The quantitative estimate of drug-likeness (QED) is 0.813. The molecular weight excluding hydrogens is 276 g/mol. The zero-order valence-corrected chi connectivity index (χ0v) is 12.6. The van der Waals surface area contributed by atoms with Crippen LogP contribution in [0.1, 0.15) is 26.2 Å². The predicted molar refractivity (Wildman–Crippen MR) is 81.9 cm³/mol. The van der Waals surface area contributed by atoms with E-state index in [0.717, 1.165) is 18.5 Å². The molecule has 1 fully saturated rings. The van der Waals surface area contributed by atoms with Crippen LogP contribution in [0.15, 0.2) is 18.2 Å². The van der Waals surface area contributed by atoms with Gasteiger partial charge in [0, 0.05) is 29.5 Å². The summed E-state index contributed by atoms with van der Waals surface area (Å²) in [7, 11) is -2.91. The van der Waals surface area contributed by atoms with Gasteiger partial charge >= 0.3 is 0 Å². The highest BCUT2D eigenvalue weighted by Crippen LogP contribution is 2.25. The molecule has 0 aromatic heterocycles. The number of nitrogens with one attached hydrogen (secondary N) is 1. The highest BCUT2D eigenvalue weighted by molar-refractivity contribution is 7.91. The number of ether oxygens (including phenoxy) is 1. The molecule has 6 heteroatoms. The van der Waals surface area contributed by atoms with E-state index in [-0.39, 0.29) is 11.8 Å². The summed E-state index contributed by atoms with van der Waals surface area (Å²) in [5, 5.41) is 3.25. The van der Waals surface area contributed by atoms with Gasteiger partial charge < -0.3 is 15.8 Å². The van der Waals surface area contributed by atoms with Crippen LogP contribution in [0.4, 0.5) is 11.4 Å². The maximum atomic E-state index is 11.6. The highest BCUT2D eigenvalue weighted by Gasteiger charge is 2.24. The van der Waals surface area contributed by atoms with E-state index in [1.165, 1.54) is 0 Å². The molecule has 1 heterocycles. The standard InChI is InChI=1S/C14H22N2O3S/c1-2-5-19-14-8-11(15)7-13(9-14)16-12-4-3-6-20(17,18)10-12/h7-9,12,16H,2-6,10,15H2,1H3. The monoisotopic (exact) mass is 298 g/mol. The topological polar surface area (TPSA) is 81.4 Å². The molecule has 112 valence electrons. The van der Waals surface area contributed by atoms with Crippen molar-refractivity contribution in [3.05, 3.63) is 18.2 Å². The Morgan fingerprint density at radius 1 is 1.40 bits per heavy atom. The van der Waals surface area contributed by atoms with Crippen molar-refractivity contribution in [3.8, 4) is 5.75 Å². The summed E-state index contributed by atoms with van der Waals surface area (Å²) in [5.41, 5.74) is 7.28. The van der Waals surface area contributed by atoms with Crippen molar-refractivity contribution in [2.45, 2.75) is 32.2 Å². The van der Waals surface area contributed by atoms with Crippen LogP contribution >= 0.6 is 0 Å². The molecule has 0 spiro atoms. The molecule has 1 aliphatic rings. The maximum absolute atomic E-state index is 11.6. The highest BCUT2D eigenvalue weighted by atomic mass is 32.2. The zero-order chi connectivity index (χ0) is 14.6. The van der Waals surface area contributed by atoms with Crippen molar-refractivity contribution >= 4 is 21.2 Å². The largest absolute Gasteiger partial charge is 0.493 e. The Balaban J connectivity index is 2.06. The molecule has 3 N–H and O–H groups in total. The second kappa shape index (κ2) is 6.35. The molecule has 20 heavy (non-hydrogen) atoms. The molecule has 1 atom stereocenters. The molecule has 0 aliphatic carbocycles. The van der Waals surface area contributed by atoms with E-state index >= 15 is 0 Å². The van der Waals surface area contributed by atoms with Gasteiger partial charge in [0.2, 0.25) is 0 Å². The SMILES string of the molecule is CCCOc1cc(N)cc(NC2CCCS(=O)(=O)C2)c1. The maximum Gasteiger partial charge on any atom is 0.152 e. The number of rotatable bonds is 5. The van der Waals surface area contributed by atoms with Gasteiger partial charge in [-0.15, -0.1) is 0 Å². The summed E-state index contributed by atoms with van der Waals surface area (Å²) in [6.07, 6.45) is 2.50. The molecule has 0 amide bonds. The van der Waals surface area contributed by atoms with E-state index in [4.69, 9.17) is 10.5 Å². The Hall–Kier alpha value is -1.43. The van der Waals surface area contributed by atoms with Crippen LogP contribution < -0.4 is 15.8 Å². The summed E-state index contributed by atoms with van der Waals surface area (Å²) < 4.78 is 28.8. The molecule has 1 saturated heterocycles. The number of sulfone groups is 1. The van der Waals surface area contributed by atoms with Gasteiger partial charge in [-0.2, -0.15) is 0 Å². The van der Waals surface area contributed by atoms with Crippen LogP contribution in [0, 0.1) is 0 Å². The van der Waals surface area contributed by atoms with Crippen LogP contribution in [0.25, 0.3) is 0 Å². The number of anilines is 2. The molecule has 1 aromatic rings. The lowest BCUT2D eigenvalue weighted by molar-refractivity contribution is 0.318. The zero-order valence-electron chi connectivity index (χ0n) is 11.8. The Kier molecular flexibility index (Phi) is 4.75. The van der Waals surface area contributed by atoms with E-state index in [9.17, 15) is 8.42 Å². The minimum atomic E-state index is -2.91. The van der Waals surface area contributed by atoms with Gasteiger partial charge in [0.05, 0.1) is 18.1 Å². The van der Waals surface area contributed by atoms with Crippen LogP contribution in [0.5, 0.6) is 5.75 Å². The van der Waals surface area contributed by atoms with E-state index in [0.29, 0.717) is 30.2 Å². The Morgan fingerprint density at radius 3 is 2.90 bits per heavy atom. The van der Waals surface area contributed by atoms with E-state index < -0.39 is 9.84 Å². The predicted octanol–water partition coefficient (Wildman–Crippen LogP) is 2.05. The van der Waals surface area contributed by atoms with Gasteiger partial charge in [0.25, 0.3) is 0 Å². The van der Waals surface area contributed by atoms with E-state index in [1.807, 2.05) is 13.0 Å². The van der Waals surface area contributed by atoms with Gasteiger partial charge in [-0.25, -0.2) is 8.42 Å². The number of hydrogen-bond acceptors (Lipinski definition) is 5. The molecule has 2 rings (SSSR count). The molecular formula is C14H22N2O3S. The van der Waals surface area contributed by atoms with E-state index in [2.05, 4.69) is 5.32 Å². The van der Waals surface area contributed by atoms with Crippen LogP contribution in [0.3, 0.4) is 0 Å². The number of nitrogens with two attached hydrogens (primary N) is 1. The second-order valence-corrected chi connectivity index (χ2v) is 7.47. The average molecular weight is 298 g/mol. The van der Waals surface area contributed by atoms with Crippen molar-refractivity contribution in [1.29, 1.82) is 0 Å². The third-order valence-electron chi connectivity index (χ3n) is 3.24. The first-order valence-electron chi connectivity index (χ1n) is 6.99. The van der Waals surface area contributed by atoms with Gasteiger partial charge in [0.15, 0.2) is 9.84 Å². The third-order valence-corrected chi connectivity index (χ3v) is 5.06. The summed E-state index contributed by atoms with van der Waals surface area (Å²) >= 11 is 0. The van der Waals surface area contributed by atoms with Crippen LogP contribution in [0.2, 0.25) is 0 Å². The number of benzene rings is 1. The van der Waals surface area contributed by atoms with E-state index in [1.54, 1.807) is 12.1 Å². The summed E-state index contributed by atoms with van der Waals surface area (Å²) in [5.74, 6) is 1.20. The first kappa shape index (κ1) is 15.0. The molecule has 0 radical (unpaired) electrons. The Bertz CT molecular complexity index is 558. The first-order valence-corrected chi connectivity index (χ1v) is 8.81. The minimum absolute atomic E-state index is 0.0467. The number of nitrogen functional groups attached to an aromatic ring is 1. The Labute approximate surface area is 120 Å². The Morgan fingerprint density at radius 2 is 2.20 bits per heavy atom. The fourth-order valence-electron chi connectivity index (χ4n) is 2.38. The lowest BCUT2D eigenvalue weighted by Crippen LogP contribution is -2.34. The van der Waals surface area contributed by atoms with Gasteiger partial charge in [-0.1, -0.05) is 6.92 Å². The van der Waals surface area contributed by atoms with Crippen LogP contribution in [-0.2, 0) is 9.84 Å². The first-order chi connectivity index (χ1) is 9.48. The molecule has 1 unspecified atom stereocenters. The second-order valence-electron chi connectivity index (χ2n) is 5.24. The molecule has 1 aliphatic heterocycles. The van der Waals surface area contributed by atoms with Crippen molar-refractivity contribution < 1.29 is 13.2 Å².